The first-order valence-electron chi connectivity index (χ1n) is 10.0. The van der Waals surface area contributed by atoms with Gasteiger partial charge in [0.2, 0.25) is 17.7 Å². The lowest BCUT2D eigenvalue weighted by molar-refractivity contribution is -0.129. The number of aryl methyl sites for hydroxylation is 1. The fourth-order valence-corrected chi connectivity index (χ4v) is 3.44. The minimum atomic E-state index is -0.383. The Morgan fingerprint density at radius 3 is 2.53 bits per heavy atom. The zero-order valence-electron chi connectivity index (χ0n) is 17.0. The van der Waals surface area contributed by atoms with Crippen LogP contribution in [0.2, 0.25) is 0 Å². The summed E-state index contributed by atoms with van der Waals surface area (Å²) in [5, 5.41) is 5.47. The molecule has 1 fully saturated rings. The number of rotatable bonds is 8. The van der Waals surface area contributed by atoms with Crippen molar-refractivity contribution in [2.24, 2.45) is 5.92 Å². The molecule has 0 saturated carbocycles. The van der Waals surface area contributed by atoms with Crippen molar-refractivity contribution < 1.29 is 18.8 Å². The van der Waals surface area contributed by atoms with Crippen LogP contribution in [0.1, 0.15) is 23.1 Å². The number of halogens is 1. The SMILES string of the molecule is Cc1ccc(CN2CC(C(=O)NCCNC(=O)Cc3cccc(F)c3)CC2=O)cc1. The normalized spacial score (nSPS) is 15.9. The fourth-order valence-electron chi connectivity index (χ4n) is 3.44. The van der Waals surface area contributed by atoms with E-state index < -0.39 is 0 Å². The highest BCUT2D eigenvalue weighted by Crippen LogP contribution is 2.20. The summed E-state index contributed by atoms with van der Waals surface area (Å²) in [7, 11) is 0. The van der Waals surface area contributed by atoms with Gasteiger partial charge in [0.25, 0.3) is 0 Å². The Morgan fingerprint density at radius 1 is 1.07 bits per heavy atom. The van der Waals surface area contributed by atoms with E-state index in [0.29, 0.717) is 18.7 Å². The smallest absolute Gasteiger partial charge is 0.225 e. The molecule has 1 unspecified atom stereocenters. The molecule has 158 valence electrons. The first-order chi connectivity index (χ1) is 14.4. The van der Waals surface area contributed by atoms with Crippen LogP contribution in [-0.4, -0.2) is 42.3 Å². The summed E-state index contributed by atoms with van der Waals surface area (Å²) in [6, 6.07) is 13.9. The van der Waals surface area contributed by atoms with Crippen LogP contribution in [0.25, 0.3) is 0 Å². The zero-order chi connectivity index (χ0) is 21.5. The standard InChI is InChI=1S/C23H26FN3O3/c1-16-5-7-17(8-6-16)14-27-15-19(13-22(27)29)23(30)26-10-9-25-21(28)12-18-3-2-4-20(24)11-18/h2-8,11,19H,9-10,12-15H2,1H3,(H,25,28)(H,26,30). The number of carbonyl (C=O) groups is 3. The van der Waals surface area contributed by atoms with Gasteiger partial charge in [0.15, 0.2) is 0 Å². The van der Waals surface area contributed by atoms with Crippen molar-refractivity contribution >= 4 is 17.7 Å². The lowest BCUT2D eigenvalue weighted by atomic mass is 10.1. The first-order valence-corrected chi connectivity index (χ1v) is 10.0. The van der Waals surface area contributed by atoms with E-state index in [2.05, 4.69) is 10.6 Å². The third kappa shape index (κ3) is 6.14. The number of nitrogens with zero attached hydrogens (tertiary/aromatic N) is 1. The second kappa shape index (κ2) is 10.0. The van der Waals surface area contributed by atoms with E-state index in [0.717, 1.165) is 11.1 Å². The number of hydrogen-bond acceptors (Lipinski definition) is 3. The molecule has 0 aliphatic carbocycles. The fraction of sp³-hybridized carbons (Fsp3) is 0.348. The van der Waals surface area contributed by atoms with Crippen molar-refractivity contribution in [1.29, 1.82) is 0 Å². The molecule has 0 radical (unpaired) electrons. The summed E-state index contributed by atoms with van der Waals surface area (Å²) in [5.41, 5.74) is 2.79. The van der Waals surface area contributed by atoms with Crippen molar-refractivity contribution in [2.45, 2.75) is 26.3 Å². The molecular formula is C23H26FN3O3. The molecule has 2 N–H and O–H groups in total. The van der Waals surface area contributed by atoms with Crippen LogP contribution in [0.15, 0.2) is 48.5 Å². The summed E-state index contributed by atoms with van der Waals surface area (Å²) >= 11 is 0. The number of amides is 3. The molecule has 7 heteroatoms. The van der Waals surface area contributed by atoms with Crippen molar-refractivity contribution in [3.05, 3.63) is 71.0 Å². The maximum absolute atomic E-state index is 13.1. The van der Waals surface area contributed by atoms with Gasteiger partial charge in [-0.1, -0.05) is 42.0 Å². The molecule has 2 aromatic rings. The first kappa shape index (κ1) is 21.5. The summed E-state index contributed by atoms with van der Waals surface area (Å²) in [5.74, 6) is -1.22. The third-order valence-corrected chi connectivity index (χ3v) is 5.08. The molecule has 2 aromatic carbocycles. The van der Waals surface area contributed by atoms with Crippen molar-refractivity contribution in [3.8, 4) is 0 Å². The Bertz CT molecular complexity index is 914. The van der Waals surface area contributed by atoms with Gasteiger partial charge in [0, 0.05) is 32.6 Å². The van der Waals surface area contributed by atoms with E-state index in [1.165, 1.54) is 12.1 Å². The van der Waals surface area contributed by atoms with E-state index in [1.54, 1.807) is 17.0 Å². The highest BCUT2D eigenvalue weighted by molar-refractivity contribution is 5.89. The van der Waals surface area contributed by atoms with Crippen molar-refractivity contribution in [2.75, 3.05) is 19.6 Å². The summed E-state index contributed by atoms with van der Waals surface area (Å²) in [4.78, 5) is 38.2. The Labute approximate surface area is 175 Å². The second-order valence-electron chi connectivity index (χ2n) is 7.61. The van der Waals surface area contributed by atoms with Crippen LogP contribution in [0, 0.1) is 18.7 Å². The molecule has 1 atom stereocenters. The van der Waals surface area contributed by atoms with Crippen LogP contribution in [0.5, 0.6) is 0 Å². The molecule has 3 amide bonds. The van der Waals surface area contributed by atoms with Gasteiger partial charge in [0.1, 0.15) is 5.82 Å². The van der Waals surface area contributed by atoms with Gasteiger partial charge in [-0.25, -0.2) is 4.39 Å². The van der Waals surface area contributed by atoms with Gasteiger partial charge in [0.05, 0.1) is 12.3 Å². The number of carbonyl (C=O) groups excluding carboxylic acids is 3. The molecule has 3 rings (SSSR count). The maximum atomic E-state index is 13.1. The van der Waals surface area contributed by atoms with Gasteiger partial charge < -0.3 is 15.5 Å². The summed E-state index contributed by atoms with van der Waals surface area (Å²) in [6.45, 7) is 3.45. The molecule has 0 spiro atoms. The highest BCUT2D eigenvalue weighted by Gasteiger charge is 2.33. The van der Waals surface area contributed by atoms with E-state index in [4.69, 9.17) is 0 Å². The monoisotopic (exact) mass is 411 g/mol. The van der Waals surface area contributed by atoms with Crippen LogP contribution < -0.4 is 10.6 Å². The molecule has 0 aromatic heterocycles. The summed E-state index contributed by atoms with van der Waals surface area (Å²) in [6.07, 6.45) is 0.278. The van der Waals surface area contributed by atoms with Crippen LogP contribution >= 0.6 is 0 Å². The molecule has 6 nitrogen and oxygen atoms in total. The number of nitrogens with one attached hydrogen (secondary N) is 2. The Kier molecular flexibility index (Phi) is 7.17. The molecular weight excluding hydrogens is 385 g/mol. The van der Waals surface area contributed by atoms with E-state index in [1.807, 2.05) is 31.2 Å². The lowest BCUT2D eigenvalue weighted by Gasteiger charge is -2.17. The van der Waals surface area contributed by atoms with Gasteiger partial charge in [-0.05, 0) is 30.2 Å². The lowest BCUT2D eigenvalue weighted by Crippen LogP contribution is -2.38. The molecule has 1 aliphatic heterocycles. The average molecular weight is 411 g/mol. The van der Waals surface area contributed by atoms with E-state index in [9.17, 15) is 18.8 Å². The molecule has 30 heavy (non-hydrogen) atoms. The van der Waals surface area contributed by atoms with Gasteiger partial charge in [-0.15, -0.1) is 0 Å². The quantitative estimate of drug-likeness (QED) is 0.652. The van der Waals surface area contributed by atoms with Gasteiger partial charge in [-0.2, -0.15) is 0 Å². The highest BCUT2D eigenvalue weighted by atomic mass is 19.1. The van der Waals surface area contributed by atoms with Crippen molar-refractivity contribution in [1.82, 2.24) is 15.5 Å². The molecule has 1 saturated heterocycles. The number of likely N-dealkylation sites (tertiary alicyclic amines) is 1. The Balaban J connectivity index is 1.37. The van der Waals surface area contributed by atoms with Gasteiger partial charge >= 0.3 is 0 Å². The number of benzene rings is 2. The van der Waals surface area contributed by atoms with E-state index in [-0.39, 0.29) is 55.4 Å². The molecule has 1 aliphatic rings. The van der Waals surface area contributed by atoms with Crippen LogP contribution in [0.4, 0.5) is 4.39 Å². The van der Waals surface area contributed by atoms with Crippen molar-refractivity contribution in [3.63, 3.8) is 0 Å². The second-order valence-corrected chi connectivity index (χ2v) is 7.61. The topological polar surface area (TPSA) is 78.5 Å². The Hall–Kier alpha value is -3.22. The van der Waals surface area contributed by atoms with E-state index >= 15 is 0 Å². The average Bonchev–Trinajstić information content (AvgIpc) is 3.07. The van der Waals surface area contributed by atoms with Gasteiger partial charge in [-0.3, -0.25) is 14.4 Å². The zero-order valence-corrected chi connectivity index (χ0v) is 17.0. The Morgan fingerprint density at radius 2 is 1.80 bits per heavy atom. The number of hydrogen-bond donors (Lipinski definition) is 2. The minimum Gasteiger partial charge on any atom is -0.354 e. The largest absolute Gasteiger partial charge is 0.354 e. The van der Waals surface area contributed by atoms with Crippen LogP contribution in [0.3, 0.4) is 0 Å². The summed E-state index contributed by atoms with van der Waals surface area (Å²) < 4.78 is 13.1. The third-order valence-electron chi connectivity index (χ3n) is 5.08. The predicted octanol–water partition coefficient (Wildman–Crippen LogP) is 1.96. The predicted molar refractivity (Wildman–Crippen MR) is 111 cm³/mol. The maximum Gasteiger partial charge on any atom is 0.225 e. The minimum absolute atomic E-state index is 0.0286. The van der Waals surface area contributed by atoms with Crippen LogP contribution in [-0.2, 0) is 27.3 Å². The molecule has 0 bridgehead atoms. The molecule has 1 heterocycles.